The van der Waals surface area contributed by atoms with Crippen molar-refractivity contribution < 1.29 is 0 Å². The highest BCUT2D eigenvalue weighted by Crippen LogP contribution is 2.13. The molecule has 1 aromatic rings. The zero-order chi connectivity index (χ0) is 10.4. The monoisotopic (exact) mass is 191 g/mol. The lowest BCUT2D eigenvalue weighted by atomic mass is 10.0. The van der Waals surface area contributed by atoms with Gasteiger partial charge in [-0.15, -0.1) is 0 Å². The van der Waals surface area contributed by atoms with E-state index in [9.17, 15) is 0 Å². The summed E-state index contributed by atoms with van der Waals surface area (Å²) in [6.45, 7) is 7.59. The number of nitrogens with one attached hydrogen (secondary N) is 1. The number of hydrogen-bond donors (Lipinski definition) is 1. The van der Waals surface area contributed by atoms with Crippen molar-refractivity contribution in [2.24, 2.45) is 0 Å². The number of hydrogen-bond acceptors (Lipinski definition) is 1. The average molecular weight is 191 g/mol. The Bertz CT molecular complexity index is 250. The Kier molecular flexibility index (Phi) is 4.68. The van der Waals surface area contributed by atoms with Crippen LogP contribution in [0.15, 0.2) is 24.3 Å². The summed E-state index contributed by atoms with van der Waals surface area (Å²) in [5, 5.41) is 3.41. The van der Waals surface area contributed by atoms with E-state index in [-0.39, 0.29) is 0 Å². The second-order valence-electron chi connectivity index (χ2n) is 3.77. The summed E-state index contributed by atoms with van der Waals surface area (Å²) in [6, 6.07) is 9.42. The van der Waals surface area contributed by atoms with Crippen LogP contribution in [0.3, 0.4) is 0 Å². The summed E-state index contributed by atoms with van der Waals surface area (Å²) in [5.74, 6) is 0. The van der Waals surface area contributed by atoms with E-state index in [0.717, 1.165) is 6.54 Å². The van der Waals surface area contributed by atoms with Crippen LogP contribution in [-0.4, -0.2) is 6.54 Å². The highest BCUT2D eigenvalue weighted by atomic mass is 14.9. The van der Waals surface area contributed by atoms with Crippen LogP contribution in [0.25, 0.3) is 0 Å². The molecule has 0 fully saturated rings. The van der Waals surface area contributed by atoms with Gasteiger partial charge in [0, 0.05) is 6.04 Å². The van der Waals surface area contributed by atoms with Gasteiger partial charge >= 0.3 is 0 Å². The molecule has 1 heteroatoms. The van der Waals surface area contributed by atoms with Crippen molar-refractivity contribution >= 4 is 0 Å². The fourth-order valence-electron chi connectivity index (χ4n) is 1.69. The number of aryl methyl sites for hydroxylation is 1. The van der Waals surface area contributed by atoms with Crippen molar-refractivity contribution in [3.8, 4) is 0 Å². The predicted molar refractivity (Wildman–Crippen MR) is 62.5 cm³/mol. The molecule has 0 bridgehead atoms. The number of rotatable bonds is 5. The molecule has 0 aliphatic carbocycles. The Morgan fingerprint density at radius 2 is 1.79 bits per heavy atom. The molecule has 0 aliphatic heterocycles. The fraction of sp³-hybridized carbons (Fsp3) is 0.538. The Morgan fingerprint density at radius 3 is 2.29 bits per heavy atom. The van der Waals surface area contributed by atoms with Crippen molar-refractivity contribution in [2.75, 3.05) is 6.54 Å². The van der Waals surface area contributed by atoms with E-state index in [1.165, 1.54) is 24.0 Å². The van der Waals surface area contributed by atoms with E-state index in [0.29, 0.717) is 6.04 Å². The molecule has 1 unspecified atom stereocenters. The fourth-order valence-corrected chi connectivity index (χ4v) is 1.69. The summed E-state index contributed by atoms with van der Waals surface area (Å²) in [6.07, 6.45) is 2.41. The van der Waals surface area contributed by atoms with E-state index in [2.05, 4.69) is 50.4 Å². The van der Waals surface area contributed by atoms with Gasteiger partial charge in [0.25, 0.3) is 0 Å². The molecule has 1 rings (SSSR count). The first kappa shape index (κ1) is 11.3. The molecule has 0 saturated carbocycles. The zero-order valence-electron chi connectivity index (χ0n) is 9.51. The summed E-state index contributed by atoms with van der Waals surface area (Å²) in [5.41, 5.74) is 2.83. The van der Waals surface area contributed by atoms with Gasteiger partial charge in [-0.2, -0.15) is 0 Å². The zero-order valence-corrected chi connectivity index (χ0v) is 9.51. The maximum atomic E-state index is 3.41. The van der Waals surface area contributed by atoms with Crippen LogP contribution in [0.4, 0.5) is 0 Å². The van der Waals surface area contributed by atoms with Crippen LogP contribution in [0.2, 0.25) is 0 Å². The average Bonchev–Trinajstić information content (AvgIpc) is 2.20. The van der Waals surface area contributed by atoms with Crippen LogP contribution in [0.5, 0.6) is 0 Å². The minimum atomic E-state index is 0.468. The Balaban J connectivity index is 2.62. The lowest BCUT2D eigenvalue weighted by Crippen LogP contribution is -2.17. The topological polar surface area (TPSA) is 12.0 Å². The largest absolute Gasteiger partial charge is 0.310 e. The summed E-state index contributed by atoms with van der Waals surface area (Å²) >= 11 is 0. The normalized spacial score (nSPS) is 12.8. The molecule has 1 nitrogen and oxygen atoms in total. The standard InChI is InChI=1S/C13H21N/c1-4-6-12-7-9-13(10-8-12)11(3)14-5-2/h7-11,14H,4-6H2,1-3H3. The maximum absolute atomic E-state index is 3.41. The molecule has 14 heavy (non-hydrogen) atoms. The lowest BCUT2D eigenvalue weighted by molar-refractivity contribution is 0.598. The van der Waals surface area contributed by atoms with Crippen molar-refractivity contribution in [3.63, 3.8) is 0 Å². The summed E-state index contributed by atoms with van der Waals surface area (Å²) < 4.78 is 0. The first-order valence-corrected chi connectivity index (χ1v) is 5.60. The van der Waals surface area contributed by atoms with Crippen LogP contribution in [0, 0.1) is 0 Å². The smallest absolute Gasteiger partial charge is 0.0291 e. The lowest BCUT2D eigenvalue weighted by Gasteiger charge is -2.12. The van der Waals surface area contributed by atoms with Crippen LogP contribution in [-0.2, 0) is 6.42 Å². The van der Waals surface area contributed by atoms with E-state index in [1.54, 1.807) is 0 Å². The Hall–Kier alpha value is -0.820. The number of benzene rings is 1. The van der Waals surface area contributed by atoms with Crippen LogP contribution < -0.4 is 5.32 Å². The summed E-state index contributed by atoms with van der Waals surface area (Å²) in [7, 11) is 0. The van der Waals surface area contributed by atoms with Gasteiger partial charge in [-0.3, -0.25) is 0 Å². The van der Waals surface area contributed by atoms with E-state index < -0.39 is 0 Å². The highest BCUT2D eigenvalue weighted by Gasteiger charge is 2.02. The van der Waals surface area contributed by atoms with Gasteiger partial charge in [0.2, 0.25) is 0 Å². The molecule has 1 atom stereocenters. The maximum Gasteiger partial charge on any atom is 0.0291 e. The van der Waals surface area contributed by atoms with Crippen molar-refractivity contribution in [3.05, 3.63) is 35.4 Å². The van der Waals surface area contributed by atoms with Gasteiger partial charge in [-0.1, -0.05) is 44.5 Å². The summed E-state index contributed by atoms with van der Waals surface area (Å²) in [4.78, 5) is 0. The van der Waals surface area contributed by atoms with E-state index >= 15 is 0 Å². The molecular formula is C13H21N. The minimum Gasteiger partial charge on any atom is -0.310 e. The van der Waals surface area contributed by atoms with Crippen LogP contribution >= 0.6 is 0 Å². The van der Waals surface area contributed by atoms with Crippen molar-refractivity contribution in [1.82, 2.24) is 5.32 Å². The first-order chi connectivity index (χ1) is 6.77. The third-order valence-corrected chi connectivity index (χ3v) is 2.53. The molecule has 78 valence electrons. The molecule has 0 aliphatic rings. The highest BCUT2D eigenvalue weighted by molar-refractivity contribution is 5.24. The first-order valence-electron chi connectivity index (χ1n) is 5.60. The Morgan fingerprint density at radius 1 is 1.14 bits per heavy atom. The van der Waals surface area contributed by atoms with Gasteiger partial charge in [0.15, 0.2) is 0 Å². The SMILES string of the molecule is CCCc1ccc(C(C)NCC)cc1. The molecule has 0 spiro atoms. The third kappa shape index (κ3) is 3.15. The van der Waals surface area contributed by atoms with E-state index in [4.69, 9.17) is 0 Å². The van der Waals surface area contributed by atoms with Gasteiger partial charge in [-0.05, 0) is 31.0 Å². The molecule has 0 heterocycles. The van der Waals surface area contributed by atoms with Crippen molar-refractivity contribution in [1.29, 1.82) is 0 Å². The predicted octanol–water partition coefficient (Wildman–Crippen LogP) is 3.31. The third-order valence-electron chi connectivity index (χ3n) is 2.53. The molecule has 0 aromatic heterocycles. The second-order valence-corrected chi connectivity index (χ2v) is 3.77. The van der Waals surface area contributed by atoms with Crippen LogP contribution in [0.1, 0.15) is 44.4 Å². The van der Waals surface area contributed by atoms with Crippen molar-refractivity contribution in [2.45, 2.75) is 39.7 Å². The molecule has 1 N–H and O–H groups in total. The molecule has 0 saturated heterocycles. The van der Waals surface area contributed by atoms with Gasteiger partial charge in [-0.25, -0.2) is 0 Å². The Labute approximate surface area is 87.5 Å². The second kappa shape index (κ2) is 5.82. The molecule has 0 amide bonds. The molecular weight excluding hydrogens is 170 g/mol. The quantitative estimate of drug-likeness (QED) is 0.753. The molecule has 1 aromatic carbocycles. The minimum absolute atomic E-state index is 0.468. The van der Waals surface area contributed by atoms with Gasteiger partial charge in [0.05, 0.1) is 0 Å². The van der Waals surface area contributed by atoms with E-state index in [1.807, 2.05) is 0 Å². The van der Waals surface area contributed by atoms with Gasteiger partial charge < -0.3 is 5.32 Å². The molecule has 0 radical (unpaired) electrons. The van der Waals surface area contributed by atoms with Gasteiger partial charge in [0.1, 0.15) is 0 Å².